The lowest BCUT2D eigenvalue weighted by Crippen LogP contribution is -2.62. The van der Waals surface area contributed by atoms with Crippen LogP contribution in [0.2, 0.25) is 0 Å². The predicted octanol–water partition coefficient (Wildman–Crippen LogP) is 2.10. The molecule has 96 valence electrons. The summed E-state index contributed by atoms with van der Waals surface area (Å²) in [7, 11) is 0. The Morgan fingerprint density at radius 2 is 2.39 bits per heavy atom. The molecule has 1 aromatic rings. The van der Waals surface area contributed by atoms with Crippen LogP contribution in [-0.4, -0.2) is 17.4 Å². The average molecular weight is 264 g/mol. The summed E-state index contributed by atoms with van der Waals surface area (Å²) in [4.78, 5) is 0. The summed E-state index contributed by atoms with van der Waals surface area (Å²) in [5.41, 5.74) is 0.713. The van der Waals surface area contributed by atoms with Gasteiger partial charge in [0, 0.05) is 18.1 Å². The van der Waals surface area contributed by atoms with Crippen molar-refractivity contribution in [3.05, 3.63) is 23.8 Å². The fraction of sp³-hybridized carbons (Fsp3) is 0.462. The molecule has 1 fully saturated rings. The number of hydrogen-bond acceptors (Lipinski definition) is 3. The Morgan fingerprint density at radius 1 is 1.56 bits per heavy atom. The van der Waals surface area contributed by atoms with Crippen molar-refractivity contribution < 1.29 is 9.47 Å². The quantitative estimate of drug-likeness (QED) is 0.801. The summed E-state index contributed by atoms with van der Waals surface area (Å²) < 4.78 is 11.5. The highest BCUT2D eigenvalue weighted by molar-refractivity contribution is 7.80. The first-order valence-electron chi connectivity index (χ1n) is 6.14. The van der Waals surface area contributed by atoms with Gasteiger partial charge in [0.15, 0.2) is 10.8 Å². The van der Waals surface area contributed by atoms with E-state index in [1.165, 1.54) is 0 Å². The van der Waals surface area contributed by atoms with Crippen molar-refractivity contribution in [3.63, 3.8) is 0 Å². The maximum absolute atomic E-state index is 6.03. The standard InChI is InChI=1S/C13H16N2O2S/c1-3-16-8-4-5-9-10-7-13(2,15-12(18)14-10)17-11(9)6-8/h4-6,10H,3,7H2,1-2H3,(H2,14,15,18). The van der Waals surface area contributed by atoms with Crippen LogP contribution in [0.5, 0.6) is 11.5 Å². The highest BCUT2D eigenvalue weighted by Gasteiger charge is 2.42. The number of hydrogen-bond donors (Lipinski definition) is 2. The van der Waals surface area contributed by atoms with E-state index >= 15 is 0 Å². The fourth-order valence-corrected chi connectivity index (χ4v) is 2.93. The maximum atomic E-state index is 6.03. The van der Waals surface area contributed by atoms with Gasteiger partial charge in [-0.05, 0) is 38.2 Å². The minimum atomic E-state index is -0.426. The monoisotopic (exact) mass is 264 g/mol. The molecule has 0 amide bonds. The number of benzene rings is 1. The summed E-state index contributed by atoms with van der Waals surface area (Å²) >= 11 is 5.20. The van der Waals surface area contributed by atoms with Gasteiger partial charge in [-0.25, -0.2) is 0 Å². The number of fused-ring (bicyclic) bond motifs is 4. The highest BCUT2D eigenvalue weighted by Crippen LogP contribution is 2.41. The first-order chi connectivity index (χ1) is 8.59. The minimum absolute atomic E-state index is 0.211. The molecule has 0 spiro atoms. The first kappa shape index (κ1) is 11.6. The summed E-state index contributed by atoms with van der Waals surface area (Å²) in [6.45, 7) is 4.64. The molecule has 1 saturated heterocycles. The van der Waals surface area contributed by atoms with Crippen LogP contribution in [0.25, 0.3) is 0 Å². The largest absolute Gasteiger partial charge is 0.494 e. The van der Waals surface area contributed by atoms with Crippen LogP contribution in [0.3, 0.4) is 0 Å². The van der Waals surface area contributed by atoms with Crippen molar-refractivity contribution in [2.24, 2.45) is 0 Å². The normalized spacial score (nSPS) is 28.6. The van der Waals surface area contributed by atoms with Gasteiger partial charge in [-0.15, -0.1) is 0 Å². The molecule has 2 heterocycles. The molecule has 5 heteroatoms. The van der Waals surface area contributed by atoms with Gasteiger partial charge in [-0.1, -0.05) is 0 Å². The molecule has 0 radical (unpaired) electrons. The lowest BCUT2D eigenvalue weighted by Gasteiger charge is -2.45. The van der Waals surface area contributed by atoms with E-state index in [1.54, 1.807) is 0 Å². The second-order valence-corrected chi connectivity index (χ2v) is 5.23. The smallest absolute Gasteiger partial charge is 0.181 e. The first-order valence-corrected chi connectivity index (χ1v) is 6.55. The molecule has 4 nitrogen and oxygen atoms in total. The van der Waals surface area contributed by atoms with Crippen molar-refractivity contribution in [2.75, 3.05) is 6.61 Å². The van der Waals surface area contributed by atoms with Gasteiger partial charge in [0.05, 0.1) is 12.6 Å². The second-order valence-electron chi connectivity index (χ2n) is 4.82. The summed E-state index contributed by atoms with van der Waals surface area (Å²) in [6, 6.07) is 6.18. The SMILES string of the molecule is CCOc1ccc2c(c1)OC1(C)CC2NC(=S)N1. The van der Waals surface area contributed by atoms with Crippen LogP contribution in [0.15, 0.2) is 18.2 Å². The van der Waals surface area contributed by atoms with Gasteiger partial charge in [-0.2, -0.15) is 0 Å². The summed E-state index contributed by atoms with van der Waals surface area (Å²) in [5.74, 6) is 1.70. The Balaban J connectivity index is 1.99. The van der Waals surface area contributed by atoms with Crippen LogP contribution < -0.4 is 20.1 Å². The molecule has 2 atom stereocenters. The summed E-state index contributed by atoms with van der Waals surface area (Å²) in [5, 5.41) is 7.10. The molecule has 18 heavy (non-hydrogen) atoms. The topological polar surface area (TPSA) is 42.5 Å². The molecule has 2 N–H and O–H groups in total. The third kappa shape index (κ3) is 1.88. The Bertz CT molecular complexity index is 506. The van der Waals surface area contributed by atoms with Crippen LogP contribution in [0, 0.1) is 0 Å². The van der Waals surface area contributed by atoms with E-state index in [4.69, 9.17) is 21.7 Å². The minimum Gasteiger partial charge on any atom is -0.494 e. The van der Waals surface area contributed by atoms with E-state index in [0.29, 0.717) is 11.7 Å². The summed E-state index contributed by atoms with van der Waals surface area (Å²) in [6.07, 6.45) is 0.855. The van der Waals surface area contributed by atoms with Gasteiger partial charge in [0.25, 0.3) is 0 Å². The molecule has 1 aromatic carbocycles. The molecule has 2 aliphatic rings. The molecule has 3 rings (SSSR count). The van der Waals surface area contributed by atoms with E-state index < -0.39 is 5.72 Å². The third-order valence-electron chi connectivity index (χ3n) is 3.28. The van der Waals surface area contributed by atoms with Crippen LogP contribution >= 0.6 is 12.2 Å². The molecule has 0 saturated carbocycles. The van der Waals surface area contributed by atoms with Gasteiger partial charge < -0.3 is 20.1 Å². The zero-order chi connectivity index (χ0) is 12.8. The van der Waals surface area contributed by atoms with Crippen molar-refractivity contribution in [1.29, 1.82) is 0 Å². The van der Waals surface area contributed by atoms with E-state index in [9.17, 15) is 0 Å². The van der Waals surface area contributed by atoms with Crippen molar-refractivity contribution in [3.8, 4) is 11.5 Å². The van der Waals surface area contributed by atoms with Crippen molar-refractivity contribution >= 4 is 17.3 Å². The third-order valence-corrected chi connectivity index (χ3v) is 3.50. The lowest BCUT2D eigenvalue weighted by atomic mass is 9.92. The van der Waals surface area contributed by atoms with Crippen LogP contribution in [0.1, 0.15) is 31.9 Å². The highest BCUT2D eigenvalue weighted by atomic mass is 32.1. The van der Waals surface area contributed by atoms with E-state index in [-0.39, 0.29) is 6.04 Å². The second kappa shape index (κ2) is 4.02. The number of rotatable bonds is 2. The van der Waals surface area contributed by atoms with E-state index in [2.05, 4.69) is 10.6 Å². The molecule has 2 bridgehead atoms. The maximum Gasteiger partial charge on any atom is 0.181 e. The van der Waals surface area contributed by atoms with Gasteiger partial charge in [-0.3, -0.25) is 0 Å². The molecule has 2 aliphatic heterocycles. The Labute approximate surface area is 112 Å². The molecule has 2 unspecified atom stereocenters. The van der Waals surface area contributed by atoms with Crippen LogP contribution in [0.4, 0.5) is 0 Å². The Kier molecular flexibility index (Phi) is 2.59. The fourth-order valence-electron chi connectivity index (χ4n) is 2.57. The lowest BCUT2D eigenvalue weighted by molar-refractivity contribution is 0.0248. The molecule has 0 aromatic heterocycles. The molecular weight excluding hydrogens is 248 g/mol. The predicted molar refractivity (Wildman–Crippen MR) is 72.9 cm³/mol. The number of ether oxygens (including phenoxy) is 2. The zero-order valence-electron chi connectivity index (χ0n) is 10.4. The van der Waals surface area contributed by atoms with E-state index in [1.807, 2.05) is 32.0 Å². The molecule has 0 aliphatic carbocycles. The Hall–Kier alpha value is -1.49. The number of thiocarbonyl (C=S) groups is 1. The van der Waals surface area contributed by atoms with Crippen molar-refractivity contribution in [1.82, 2.24) is 10.6 Å². The zero-order valence-corrected chi connectivity index (χ0v) is 11.3. The average Bonchev–Trinajstić information content (AvgIpc) is 2.26. The van der Waals surface area contributed by atoms with Gasteiger partial charge in [0.1, 0.15) is 11.5 Å². The molecular formula is C13H16N2O2S. The van der Waals surface area contributed by atoms with Gasteiger partial charge >= 0.3 is 0 Å². The van der Waals surface area contributed by atoms with Crippen LogP contribution in [-0.2, 0) is 0 Å². The Morgan fingerprint density at radius 3 is 3.17 bits per heavy atom. The van der Waals surface area contributed by atoms with Crippen molar-refractivity contribution in [2.45, 2.75) is 32.0 Å². The van der Waals surface area contributed by atoms with Gasteiger partial charge in [0.2, 0.25) is 0 Å². The number of nitrogens with one attached hydrogen (secondary N) is 2. The van der Waals surface area contributed by atoms with E-state index in [0.717, 1.165) is 23.5 Å².